The fourth-order valence-electron chi connectivity index (χ4n) is 1.26. The minimum atomic E-state index is 0.269. The van der Waals surface area contributed by atoms with Gasteiger partial charge in [0.05, 0.1) is 12.7 Å². The van der Waals surface area contributed by atoms with Crippen LogP contribution in [0.5, 0.6) is 11.5 Å². The van der Waals surface area contributed by atoms with E-state index in [2.05, 4.69) is 6.92 Å². The maximum Gasteiger partial charge on any atom is 0.115 e. The zero-order valence-electron chi connectivity index (χ0n) is 10.6. The topological polar surface area (TPSA) is 53.0 Å². The van der Waals surface area contributed by atoms with E-state index in [4.69, 9.17) is 14.9 Å². The van der Waals surface area contributed by atoms with E-state index in [1.165, 1.54) is 0 Å². The van der Waals surface area contributed by atoms with Gasteiger partial charge < -0.3 is 14.9 Å². The van der Waals surface area contributed by atoms with Crippen molar-refractivity contribution in [3.63, 3.8) is 0 Å². The molecule has 1 aliphatic heterocycles. The predicted octanol–water partition coefficient (Wildman–Crippen LogP) is 3.65. The molecule has 0 spiro atoms. The maximum absolute atomic E-state index is 9.12. The van der Waals surface area contributed by atoms with Gasteiger partial charge in [-0.2, -0.15) is 0 Å². The van der Waals surface area contributed by atoms with Crippen LogP contribution in [0.15, 0.2) is 58.3 Å². The van der Waals surface area contributed by atoms with Crippen molar-refractivity contribution in [1.82, 2.24) is 0 Å². The fourth-order valence-corrected chi connectivity index (χ4v) is 2.08. The zero-order chi connectivity index (χ0) is 13.7. The van der Waals surface area contributed by atoms with E-state index < -0.39 is 0 Å². The smallest absolute Gasteiger partial charge is 0.115 e. The number of phenolic OH excluding ortho intramolecular Hbond substituents is 2. The molecule has 0 bridgehead atoms. The molecule has 0 aromatic heterocycles. The Morgan fingerprint density at radius 2 is 1.21 bits per heavy atom. The normalized spacial score (nSPS) is 16.4. The second kappa shape index (κ2) is 6.50. The fraction of sp³-hybridized carbons (Fsp3) is 0.200. The molecule has 0 aliphatic carbocycles. The highest BCUT2D eigenvalue weighted by molar-refractivity contribution is 7.99. The number of benzene rings is 2. The first kappa shape index (κ1) is 13.8. The summed E-state index contributed by atoms with van der Waals surface area (Å²) >= 11 is 1.58. The van der Waals surface area contributed by atoms with Gasteiger partial charge in [-0.05, 0) is 55.5 Å². The number of ether oxygens (including phenoxy) is 1. The van der Waals surface area contributed by atoms with Crippen LogP contribution < -0.4 is 0 Å². The molecule has 3 nitrogen and oxygen atoms in total. The lowest BCUT2D eigenvalue weighted by Gasteiger charge is -2.01. The first-order chi connectivity index (χ1) is 9.13. The van der Waals surface area contributed by atoms with Gasteiger partial charge in [-0.15, -0.1) is 0 Å². The van der Waals surface area contributed by atoms with Gasteiger partial charge in [0.15, 0.2) is 0 Å². The number of phenols is 2. The summed E-state index contributed by atoms with van der Waals surface area (Å²) < 4.78 is 4.71. The van der Waals surface area contributed by atoms with Gasteiger partial charge in [-0.25, -0.2) is 0 Å². The van der Waals surface area contributed by atoms with Crippen LogP contribution in [0.3, 0.4) is 0 Å². The van der Waals surface area contributed by atoms with Crippen LogP contribution in [0, 0.1) is 0 Å². The number of aromatic hydroxyl groups is 2. The molecule has 3 rings (SSSR count). The largest absolute Gasteiger partial charge is 0.508 e. The lowest BCUT2D eigenvalue weighted by atomic mass is 10.3. The van der Waals surface area contributed by atoms with Crippen molar-refractivity contribution in [2.24, 2.45) is 0 Å². The lowest BCUT2D eigenvalue weighted by Crippen LogP contribution is -1.73. The molecule has 2 aromatic rings. The van der Waals surface area contributed by atoms with Crippen molar-refractivity contribution < 1.29 is 14.9 Å². The minimum Gasteiger partial charge on any atom is -0.508 e. The van der Waals surface area contributed by atoms with Crippen molar-refractivity contribution in [2.45, 2.75) is 22.8 Å². The summed E-state index contributed by atoms with van der Waals surface area (Å²) in [6.07, 6.45) is 0.583. The maximum atomic E-state index is 9.12. The highest BCUT2D eigenvalue weighted by Crippen LogP contribution is 2.29. The second-order valence-corrected chi connectivity index (χ2v) is 5.38. The standard InChI is InChI=1S/C12H10O2S.C3H6O/c13-9-1-5-11(6-2-9)15-12-7-3-10(14)4-8-12;1-3-2-4-3/h1-8,13-14H;3H,2H2,1H3. The molecule has 1 atom stereocenters. The zero-order valence-corrected chi connectivity index (χ0v) is 11.4. The van der Waals surface area contributed by atoms with Gasteiger partial charge in [0, 0.05) is 9.79 Å². The summed E-state index contributed by atoms with van der Waals surface area (Å²) in [4.78, 5) is 2.11. The lowest BCUT2D eigenvalue weighted by molar-refractivity contribution is 0.423. The first-order valence-corrected chi connectivity index (χ1v) is 6.82. The number of hydrogen-bond acceptors (Lipinski definition) is 4. The van der Waals surface area contributed by atoms with Crippen molar-refractivity contribution in [2.75, 3.05) is 6.61 Å². The Balaban J connectivity index is 0.000000284. The molecular formula is C15H16O3S. The van der Waals surface area contributed by atoms with E-state index in [0.29, 0.717) is 6.10 Å². The molecule has 1 saturated heterocycles. The average molecular weight is 276 g/mol. The number of epoxide rings is 1. The van der Waals surface area contributed by atoms with Crippen molar-refractivity contribution >= 4 is 11.8 Å². The molecule has 2 N–H and O–H groups in total. The molecule has 100 valence electrons. The Morgan fingerprint density at radius 1 is 0.895 bits per heavy atom. The summed E-state index contributed by atoms with van der Waals surface area (Å²) in [5.74, 6) is 0.537. The average Bonchev–Trinajstić information content (AvgIpc) is 3.18. The summed E-state index contributed by atoms with van der Waals surface area (Å²) in [5, 5.41) is 18.2. The van der Waals surface area contributed by atoms with Crippen LogP contribution in [0.2, 0.25) is 0 Å². The molecule has 2 aromatic carbocycles. The Bertz CT molecular complexity index is 460. The molecule has 0 saturated carbocycles. The van der Waals surface area contributed by atoms with Gasteiger partial charge in [0.25, 0.3) is 0 Å². The Kier molecular flexibility index (Phi) is 4.71. The predicted molar refractivity (Wildman–Crippen MR) is 75.8 cm³/mol. The van der Waals surface area contributed by atoms with Gasteiger partial charge in [0.2, 0.25) is 0 Å². The van der Waals surface area contributed by atoms with E-state index in [1.807, 2.05) is 24.3 Å². The van der Waals surface area contributed by atoms with Gasteiger partial charge >= 0.3 is 0 Å². The van der Waals surface area contributed by atoms with Gasteiger partial charge in [0.1, 0.15) is 11.5 Å². The van der Waals surface area contributed by atoms with E-state index in [9.17, 15) is 0 Å². The Morgan fingerprint density at radius 3 is 1.47 bits per heavy atom. The SMILES string of the molecule is CC1CO1.Oc1ccc(Sc2ccc(O)cc2)cc1. The molecular weight excluding hydrogens is 260 g/mol. The Hall–Kier alpha value is -1.65. The Labute approximate surface area is 116 Å². The number of rotatable bonds is 2. The third-order valence-corrected chi connectivity index (χ3v) is 3.42. The number of hydrogen-bond donors (Lipinski definition) is 2. The third-order valence-electron chi connectivity index (χ3n) is 2.41. The third kappa shape index (κ3) is 5.24. The van der Waals surface area contributed by atoms with Crippen LogP contribution in [0.1, 0.15) is 6.92 Å². The monoisotopic (exact) mass is 276 g/mol. The van der Waals surface area contributed by atoms with E-state index in [0.717, 1.165) is 16.4 Å². The molecule has 1 unspecified atom stereocenters. The summed E-state index contributed by atoms with van der Waals surface area (Å²) in [6.45, 7) is 3.04. The van der Waals surface area contributed by atoms with E-state index in [1.54, 1.807) is 36.0 Å². The van der Waals surface area contributed by atoms with Crippen LogP contribution >= 0.6 is 11.8 Å². The molecule has 1 fully saturated rings. The van der Waals surface area contributed by atoms with E-state index in [-0.39, 0.29) is 11.5 Å². The van der Waals surface area contributed by atoms with Gasteiger partial charge in [-0.3, -0.25) is 0 Å². The highest BCUT2D eigenvalue weighted by atomic mass is 32.2. The first-order valence-electron chi connectivity index (χ1n) is 6.01. The minimum absolute atomic E-state index is 0.269. The highest BCUT2D eigenvalue weighted by Gasteiger charge is 2.13. The molecule has 1 aliphatic rings. The molecule has 0 radical (unpaired) electrons. The van der Waals surface area contributed by atoms with Gasteiger partial charge in [-0.1, -0.05) is 11.8 Å². The molecule has 0 amide bonds. The summed E-state index contributed by atoms with van der Waals surface area (Å²) in [7, 11) is 0. The quantitative estimate of drug-likeness (QED) is 0.822. The summed E-state index contributed by atoms with van der Waals surface area (Å²) in [6, 6.07) is 14.0. The second-order valence-electron chi connectivity index (χ2n) is 4.23. The summed E-state index contributed by atoms with van der Waals surface area (Å²) in [5.41, 5.74) is 0. The molecule has 19 heavy (non-hydrogen) atoms. The van der Waals surface area contributed by atoms with E-state index >= 15 is 0 Å². The van der Waals surface area contributed by atoms with Crippen LogP contribution in [-0.2, 0) is 4.74 Å². The van der Waals surface area contributed by atoms with Crippen LogP contribution in [-0.4, -0.2) is 22.9 Å². The van der Waals surface area contributed by atoms with Crippen molar-refractivity contribution in [3.8, 4) is 11.5 Å². The van der Waals surface area contributed by atoms with Crippen LogP contribution in [0.25, 0.3) is 0 Å². The van der Waals surface area contributed by atoms with Crippen LogP contribution in [0.4, 0.5) is 0 Å². The van der Waals surface area contributed by atoms with Crippen molar-refractivity contribution in [1.29, 1.82) is 0 Å². The molecule has 1 heterocycles. The molecule has 4 heteroatoms. The van der Waals surface area contributed by atoms with Crippen molar-refractivity contribution in [3.05, 3.63) is 48.5 Å².